The normalized spacial score (nSPS) is 14.8. The second-order valence-corrected chi connectivity index (χ2v) is 8.65. The van der Waals surface area contributed by atoms with Crippen LogP contribution in [0.25, 0.3) is 0 Å². The van der Waals surface area contributed by atoms with Crippen LogP contribution in [-0.4, -0.2) is 35.3 Å². The fraction of sp³-hybridized carbons (Fsp3) is 0.429. The van der Waals surface area contributed by atoms with E-state index in [-0.39, 0.29) is 11.5 Å². The maximum absolute atomic E-state index is 13.0. The molecule has 0 heterocycles. The molecule has 0 spiro atoms. The number of fused-ring (bicyclic) bond motifs is 1. The van der Waals surface area contributed by atoms with Gasteiger partial charge >= 0.3 is 0 Å². The molecule has 0 aromatic heterocycles. The lowest BCUT2D eigenvalue weighted by molar-refractivity contribution is 0.271. The zero-order valence-electron chi connectivity index (χ0n) is 16.5. The van der Waals surface area contributed by atoms with Crippen LogP contribution < -0.4 is 18.9 Å². The smallest absolute Gasteiger partial charge is 0.244 e. The molecule has 2 aromatic rings. The van der Waals surface area contributed by atoms with Crippen molar-refractivity contribution in [1.29, 1.82) is 0 Å². The predicted molar refractivity (Wildman–Crippen MR) is 108 cm³/mol. The standard InChI is InChI=1S/C21H27NO5S/c1-15(14-27-19-11-7-6-10-18(19)25-2)22-28(23,24)21-13-17-9-5-4-8-16(17)12-20(21)26-3/h6-7,10-13,15,22H,4-5,8-9,14H2,1-3H3. The van der Waals surface area contributed by atoms with Gasteiger partial charge in [-0.25, -0.2) is 13.1 Å². The Balaban J connectivity index is 1.74. The molecule has 1 aliphatic rings. The molecule has 3 rings (SSSR count). The summed E-state index contributed by atoms with van der Waals surface area (Å²) >= 11 is 0. The average Bonchev–Trinajstić information content (AvgIpc) is 2.71. The zero-order chi connectivity index (χ0) is 20.1. The molecule has 1 unspecified atom stereocenters. The van der Waals surface area contributed by atoms with Crippen LogP contribution in [0, 0.1) is 0 Å². The third-order valence-electron chi connectivity index (χ3n) is 4.83. The molecule has 0 saturated heterocycles. The Morgan fingerprint density at radius 2 is 1.57 bits per heavy atom. The van der Waals surface area contributed by atoms with E-state index in [1.807, 2.05) is 18.2 Å². The van der Waals surface area contributed by atoms with E-state index < -0.39 is 16.1 Å². The molecule has 7 heteroatoms. The maximum Gasteiger partial charge on any atom is 0.244 e. The largest absolute Gasteiger partial charge is 0.495 e. The first kappa shape index (κ1) is 20.5. The topological polar surface area (TPSA) is 73.9 Å². The summed E-state index contributed by atoms with van der Waals surface area (Å²) in [6.07, 6.45) is 4.06. The molecule has 1 atom stereocenters. The number of methoxy groups -OCH3 is 2. The molecule has 0 radical (unpaired) electrons. The van der Waals surface area contributed by atoms with E-state index in [4.69, 9.17) is 14.2 Å². The summed E-state index contributed by atoms with van der Waals surface area (Å²) in [5, 5.41) is 0. The Morgan fingerprint density at radius 1 is 0.964 bits per heavy atom. The van der Waals surface area contributed by atoms with E-state index in [2.05, 4.69) is 4.72 Å². The third-order valence-corrected chi connectivity index (χ3v) is 6.44. The van der Waals surface area contributed by atoms with E-state index in [0.717, 1.165) is 31.2 Å². The third kappa shape index (κ3) is 4.59. The maximum atomic E-state index is 13.0. The number of aryl methyl sites for hydroxylation is 2. The van der Waals surface area contributed by atoms with Gasteiger partial charge in [-0.05, 0) is 68.0 Å². The van der Waals surface area contributed by atoms with Crippen LogP contribution in [0.15, 0.2) is 41.3 Å². The number of ether oxygens (including phenoxy) is 3. The van der Waals surface area contributed by atoms with Crippen LogP contribution in [0.5, 0.6) is 17.2 Å². The lowest BCUT2D eigenvalue weighted by atomic mass is 9.92. The van der Waals surface area contributed by atoms with Gasteiger partial charge < -0.3 is 14.2 Å². The Bertz CT molecular complexity index is 926. The van der Waals surface area contributed by atoms with Gasteiger partial charge in [-0.15, -0.1) is 0 Å². The van der Waals surface area contributed by atoms with Crippen LogP contribution in [0.4, 0.5) is 0 Å². The molecule has 0 saturated carbocycles. The number of sulfonamides is 1. The number of benzene rings is 2. The number of para-hydroxylation sites is 2. The number of hydrogen-bond donors (Lipinski definition) is 1. The highest BCUT2D eigenvalue weighted by atomic mass is 32.2. The number of nitrogens with one attached hydrogen (secondary N) is 1. The van der Waals surface area contributed by atoms with E-state index in [9.17, 15) is 8.42 Å². The van der Waals surface area contributed by atoms with Crippen LogP contribution in [-0.2, 0) is 22.9 Å². The van der Waals surface area contributed by atoms with Crippen molar-refractivity contribution in [3.63, 3.8) is 0 Å². The van der Waals surface area contributed by atoms with Gasteiger partial charge in [-0.2, -0.15) is 0 Å². The van der Waals surface area contributed by atoms with Gasteiger partial charge in [0.1, 0.15) is 17.3 Å². The first-order valence-corrected chi connectivity index (χ1v) is 10.9. The number of rotatable bonds is 8. The minimum atomic E-state index is -3.74. The summed E-state index contributed by atoms with van der Waals surface area (Å²) in [6, 6.07) is 10.4. The molecular weight excluding hydrogens is 378 g/mol. The van der Waals surface area contributed by atoms with Gasteiger partial charge in [-0.3, -0.25) is 0 Å². The molecule has 1 aliphatic carbocycles. The Kier molecular flexibility index (Phi) is 6.46. The van der Waals surface area contributed by atoms with Crippen molar-refractivity contribution < 1.29 is 22.6 Å². The monoisotopic (exact) mass is 405 g/mol. The minimum absolute atomic E-state index is 0.173. The summed E-state index contributed by atoms with van der Waals surface area (Å²) in [5.41, 5.74) is 2.26. The molecular formula is C21H27NO5S. The van der Waals surface area contributed by atoms with Gasteiger partial charge in [0.15, 0.2) is 11.5 Å². The first-order valence-electron chi connectivity index (χ1n) is 9.42. The Morgan fingerprint density at radius 3 is 2.21 bits per heavy atom. The summed E-state index contributed by atoms with van der Waals surface area (Å²) in [7, 11) is -0.678. The van der Waals surface area contributed by atoms with Crippen LogP contribution in [0.1, 0.15) is 30.9 Å². The highest BCUT2D eigenvalue weighted by molar-refractivity contribution is 7.89. The van der Waals surface area contributed by atoms with Crippen LogP contribution in [0.3, 0.4) is 0 Å². The lowest BCUT2D eigenvalue weighted by Gasteiger charge is -2.21. The Hall–Kier alpha value is -2.25. The quantitative estimate of drug-likeness (QED) is 0.729. The van der Waals surface area contributed by atoms with Crippen molar-refractivity contribution in [2.75, 3.05) is 20.8 Å². The van der Waals surface area contributed by atoms with Crippen LogP contribution >= 0.6 is 0 Å². The summed E-state index contributed by atoms with van der Waals surface area (Å²) < 4.78 is 45.0. The molecule has 6 nitrogen and oxygen atoms in total. The van der Waals surface area contributed by atoms with Gasteiger partial charge in [0.05, 0.1) is 20.3 Å². The lowest BCUT2D eigenvalue weighted by Crippen LogP contribution is -2.37. The van der Waals surface area contributed by atoms with E-state index >= 15 is 0 Å². The fourth-order valence-corrected chi connectivity index (χ4v) is 4.85. The summed E-state index contributed by atoms with van der Waals surface area (Å²) in [6.45, 7) is 1.94. The van der Waals surface area contributed by atoms with Crippen molar-refractivity contribution in [1.82, 2.24) is 4.72 Å². The molecule has 0 amide bonds. The molecule has 152 valence electrons. The fourth-order valence-electron chi connectivity index (χ4n) is 3.43. The summed E-state index contributed by atoms with van der Waals surface area (Å²) in [5.74, 6) is 1.56. The van der Waals surface area contributed by atoms with E-state index in [1.165, 1.54) is 12.7 Å². The highest BCUT2D eigenvalue weighted by Crippen LogP contribution is 2.32. The van der Waals surface area contributed by atoms with Gasteiger partial charge in [0.25, 0.3) is 0 Å². The van der Waals surface area contributed by atoms with Crippen LogP contribution in [0.2, 0.25) is 0 Å². The second kappa shape index (κ2) is 8.84. The molecule has 0 fully saturated rings. The number of hydrogen-bond acceptors (Lipinski definition) is 5. The van der Waals surface area contributed by atoms with Crippen molar-refractivity contribution in [2.24, 2.45) is 0 Å². The van der Waals surface area contributed by atoms with E-state index in [0.29, 0.717) is 17.2 Å². The predicted octanol–water partition coefficient (Wildman–Crippen LogP) is 3.33. The molecule has 0 aliphatic heterocycles. The van der Waals surface area contributed by atoms with Gasteiger partial charge in [0.2, 0.25) is 10.0 Å². The van der Waals surface area contributed by atoms with Gasteiger partial charge in [-0.1, -0.05) is 12.1 Å². The second-order valence-electron chi connectivity index (χ2n) is 6.96. The SMILES string of the molecule is COc1ccccc1OCC(C)NS(=O)(=O)c1cc2c(cc1OC)CCCC2. The van der Waals surface area contributed by atoms with E-state index in [1.54, 1.807) is 32.2 Å². The molecule has 28 heavy (non-hydrogen) atoms. The average molecular weight is 406 g/mol. The van der Waals surface area contributed by atoms with Crippen molar-refractivity contribution in [3.05, 3.63) is 47.5 Å². The molecule has 2 aromatic carbocycles. The first-order chi connectivity index (χ1) is 13.4. The summed E-state index contributed by atoms with van der Waals surface area (Å²) in [4.78, 5) is 0.180. The highest BCUT2D eigenvalue weighted by Gasteiger charge is 2.25. The zero-order valence-corrected chi connectivity index (χ0v) is 17.3. The van der Waals surface area contributed by atoms with Crippen molar-refractivity contribution in [3.8, 4) is 17.2 Å². The molecule has 0 bridgehead atoms. The van der Waals surface area contributed by atoms with Gasteiger partial charge in [0, 0.05) is 0 Å². The van der Waals surface area contributed by atoms with Crippen molar-refractivity contribution in [2.45, 2.75) is 43.5 Å². The van der Waals surface area contributed by atoms with Crippen molar-refractivity contribution >= 4 is 10.0 Å². The Labute approximate surface area is 166 Å². The minimum Gasteiger partial charge on any atom is -0.495 e. The molecule has 1 N–H and O–H groups in total.